The third-order valence-electron chi connectivity index (χ3n) is 2.75. The molecule has 0 aliphatic carbocycles. The van der Waals surface area contributed by atoms with Crippen LogP contribution in [0, 0.1) is 0 Å². The van der Waals surface area contributed by atoms with E-state index in [9.17, 15) is 5.11 Å². The Hall–Kier alpha value is -0.570. The molecule has 14 heavy (non-hydrogen) atoms. The Labute approximate surface area is 90.1 Å². The van der Waals surface area contributed by atoms with Crippen molar-refractivity contribution in [3.05, 3.63) is 34.9 Å². The van der Waals surface area contributed by atoms with Gasteiger partial charge in [-0.15, -0.1) is 0 Å². The Balaban J connectivity index is 3.19. The van der Waals surface area contributed by atoms with Gasteiger partial charge < -0.3 is 5.11 Å². The number of likely N-dealkylation sites (N-methyl/N-ethyl adjacent to an activating group) is 1. The Morgan fingerprint density at radius 3 is 2.36 bits per heavy atom. The number of aliphatic hydroxyl groups is 1. The van der Waals surface area contributed by atoms with Gasteiger partial charge >= 0.3 is 0 Å². The van der Waals surface area contributed by atoms with Crippen LogP contribution in [-0.4, -0.2) is 30.7 Å². The van der Waals surface area contributed by atoms with Gasteiger partial charge in [0.05, 0.1) is 12.1 Å². The molecule has 0 spiro atoms. The standard InChI is InChI=1S/C11H16ClNO/c1-11(8-14,13(2)3)9-6-4-5-7-10(9)12/h4-7,14H,8H2,1-3H3/t11-/m1/s1. The first-order valence-electron chi connectivity index (χ1n) is 4.55. The van der Waals surface area contributed by atoms with Crippen molar-refractivity contribution in [1.29, 1.82) is 0 Å². The fourth-order valence-corrected chi connectivity index (χ4v) is 1.70. The number of nitrogens with zero attached hydrogens (tertiary/aromatic N) is 1. The van der Waals surface area contributed by atoms with Crippen LogP contribution in [-0.2, 0) is 5.54 Å². The van der Waals surface area contributed by atoms with Gasteiger partial charge in [-0.1, -0.05) is 29.8 Å². The van der Waals surface area contributed by atoms with E-state index in [0.29, 0.717) is 5.02 Å². The molecule has 0 heterocycles. The summed E-state index contributed by atoms with van der Waals surface area (Å²) < 4.78 is 0. The molecule has 0 radical (unpaired) electrons. The minimum absolute atomic E-state index is 0.0454. The fraction of sp³-hybridized carbons (Fsp3) is 0.455. The first-order chi connectivity index (χ1) is 6.52. The maximum Gasteiger partial charge on any atom is 0.0675 e. The molecule has 0 unspecified atom stereocenters. The van der Waals surface area contributed by atoms with E-state index in [1.54, 1.807) is 0 Å². The predicted molar refractivity (Wildman–Crippen MR) is 59.6 cm³/mol. The van der Waals surface area contributed by atoms with E-state index in [1.165, 1.54) is 0 Å². The summed E-state index contributed by atoms with van der Waals surface area (Å²) in [6.45, 7) is 2.01. The summed E-state index contributed by atoms with van der Waals surface area (Å²) in [5.41, 5.74) is 0.535. The molecule has 1 aromatic carbocycles. The molecule has 1 aromatic rings. The number of rotatable bonds is 3. The van der Waals surface area contributed by atoms with Crippen molar-refractivity contribution in [2.24, 2.45) is 0 Å². The van der Waals surface area contributed by atoms with Crippen molar-refractivity contribution in [1.82, 2.24) is 4.90 Å². The molecule has 1 N–H and O–H groups in total. The van der Waals surface area contributed by atoms with Crippen LogP contribution < -0.4 is 0 Å². The summed E-state index contributed by atoms with van der Waals surface area (Å²) in [7, 11) is 3.86. The molecular formula is C11H16ClNO. The summed E-state index contributed by atoms with van der Waals surface area (Å²) in [5, 5.41) is 10.1. The highest BCUT2D eigenvalue weighted by Crippen LogP contribution is 2.31. The fourth-order valence-electron chi connectivity index (χ4n) is 1.37. The number of benzene rings is 1. The second-order valence-electron chi connectivity index (χ2n) is 3.81. The van der Waals surface area contributed by atoms with Crippen molar-refractivity contribution >= 4 is 11.6 Å². The summed E-state index contributed by atoms with van der Waals surface area (Å²) >= 11 is 6.09. The van der Waals surface area contributed by atoms with E-state index < -0.39 is 5.54 Å². The highest BCUT2D eigenvalue weighted by Gasteiger charge is 2.29. The number of halogens is 1. The van der Waals surface area contributed by atoms with E-state index in [0.717, 1.165) is 5.56 Å². The van der Waals surface area contributed by atoms with E-state index in [2.05, 4.69) is 0 Å². The van der Waals surface area contributed by atoms with E-state index in [-0.39, 0.29) is 6.61 Å². The third kappa shape index (κ3) is 1.92. The van der Waals surface area contributed by atoms with Gasteiger partial charge in [-0.05, 0) is 32.6 Å². The minimum Gasteiger partial charge on any atom is -0.394 e. The minimum atomic E-state index is -0.418. The molecule has 0 saturated heterocycles. The topological polar surface area (TPSA) is 23.5 Å². The monoisotopic (exact) mass is 213 g/mol. The molecule has 1 atom stereocenters. The van der Waals surface area contributed by atoms with Crippen LogP contribution >= 0.6 is 11.6 Å². The van der Waals surface area contributed by atoms with Crippen molar-refractivity contribution < 1.29 is 5.11 Å². The highest BCUT2D eigenvalue weighted by atomic mass is 35.5. The SMILES string of the molecule is CN(C)[C@](C)(CO)c1ccccc1Cl. The second-order valence-corrected chi connectivity index (χ2v) is 4.21. The average Bonchev–Trinajstić information content (AvgIpc) is 2.17. The van der Waals surface area contributed by atoms with Gasteiger partial charge in [-0.3, -0.25) is 4.90 Å². The smallest absolute Gasteiger partial charge is 0.0675 e. The molecule has 0 saturated carbocycles. The van der Waals surface area contributed by atoms with Crippen LogP contribution in [0.2, 0.25) is 5.02 Å². The van der Waals surface area contributed by atoms with Crippen LogP contribution in [0.25, 0.3) is 0 Å². The maximum absolute atomic E-state index is 9.43. The Morgan fingerprint density at radius 2 is 1.93 bits per heavy atom. The molecule has 0 aliphatic heterocycles. The van der Waals surface area contributed by atoms with E-state index >= 15 is 0 Å². The molecule has 0 fully saturated rings. The molecule has 0 amide bonds. The lowest BCUT2D eigenvalue weighted by atomic mass is 9.92. The number of aliphatic hydroxyl groups excluding tert-OH is 1. The molecular weight excluding hydrogens is 198 g/mol. The first kappa shape index (κ1) is 11.5. The van der Waals surface area contributed by atoms with Gasteiger partial charge in [0.15, 0.2) is 0 Å². The highest BCUT2D eigenvalue weighted by molar-refractivity contribution is 6.31. The molecule has 3 heteroatoms. The quantitative estimate of drug-likeness (QED) is 0.832. The molecule has 0 bridgehead atoms. The number of hydrogen-bond acceptors (Lipinski definition) is 2. The Bertz CT molecular complexity index is 314. The lowest BCUT2D eigenvalue weighted by molar-refractivity contribution is 0.0827. The van der Waals surface area contributed by atoms with Crippen LogP contribution in [0.1, 0.15) is 12.5 Å². The lowest BCUT2D eigenvalue weighted by Crippen LogP contribution is -2.42. The van der Waals surface area contributed by atoms with Crippen LogP contribution in [0.3, 0.4) is 0 Å². The summed E-state index contributed by atoms with van der Waals surface area (Å²) in [4.78, 5) is 1.97. The zero-order valence-electron chi connectivity index (χ0n) is 8.79. The van der Waals surface area contributed by atoms with Gasteiger partial charge in [0.25, 0.3) is 0 Å². The largest absolute Gasteiger partial charge is 0.394 e. The first-order valence-corrected chi connectivity index (χ1v) is 4.93. The summed E-state index contributed by atoms with van der Waals surface area (Å²) in [6, 6.07) is 7.60. The number of hydrogen-bond donors (Lipinski definition) is 1. The van der Waals surface area contributed by atoms with Crippen LogP contribution in [0.5, 0.6) is 0 Å². The molecule has 0 aliphatic rings. The Morgan fingerprint density at radius 1 is 1.36 bits per heavy atom. The van der Waals surface area contributed by atoms with Crippen molar-refractivity contribution in [3.63, 3.8) is 0 Å². The van der Waals surface area contributed by atoms with Gasteiger partial charge in [-0.25, -0.2) is 0 Å². The van der Waals surface area contributed by atoms with Crippen LogP contribution in [0.15, 0.2) is 24.3 Å². The van der Waals surface area contributed by atoms with Gasteiger partial charge in [0.2, 0.25) is 0 Å². The van der Waals surface area contributed by atoms with E-state index in [4.69, 9.17) is 11.6 Å². The normalized spacial score (nSPS) is 15.6. The maximum atomic E-state index is 9.43. The van der Waals surface area contributed by atoms with Gasteiger partial charge in [-0.2, -0.15) is 0 Å². The van der Waals surface area contributed by atoms with Gasteiger partial charge in [0.1, 0.15) is 0 Å². The molecule has 2 nitrogen and oxygen atoms in total. The van der Waals surface area contributed by atoms with Crippen LogP contribution in [0.4, 0.5) is 0 Å². The lowest BCUT2D eigenvalue weighted by Gasteiger charge is -2.35. The van der Waals surface area contributed by atoms with Crippen molar-refractivity contribution in [2.45, 2.75) is 12.5 Å². The zero-order chi connectivity index (χ0) is 10.8. The average molecular weight is 214 g/mol. The third-order valence-corrected chi connectivity index (χ3v) is 3.08. The van der Waals surface area contributed by atoms with Gasteiger partial charge in [0, 0.05) is 5.02 Å². The molecule has 0 aromatic heterocycles. The predicted octanol–water partition coefficient (Wildman–Crippen LogP) is 2.11. The molecule has 1 rings (SSSR count). The zero-order valence-corrected chi connectivity index (χ0v) is 9.54. The second kappa shape index (κ2) is 4.30. The Kier molecular flexibility index (Phi) is 3.53. The van der Waals surface area contributed by atoms with Crippen molar-refractivity contribution in [3.8, 4) is 0 Å². The molecule has 78 valence electrons. The summed E-state index contributed by atoms with van der Waals surface area (Å²) in [6.07, 6.45) is 0. The summed E-state index contributed by atoms with van der Waals surface area (Å²) in [5.74, 6) is 0. The van der Waals surface area contributed by atoms with E-state index in [1.807, 2.05) is 50.2 Å². The van der Waals surface area contributed by atoms with Crippen molar-refractivity contribution in [2.75, 3.05) is 20.7 Å².